The Morgan fingerprint density at radius 3 is 2.22 bits per heavy atom. The molecule has 3 heterocycles. The van der Waals surface area contributed by atoms with Crippen molar-refractivity contribution in [2.75, 3.05) is 12.0 Å². The van der Waals surface area contributed by atoms with Crippen molar-refractivity contribution < 1.29 is 24.0 Å². The summed E-state index contributed by atoms with van der Waals surface area (Å²) in [5.41, 5.74) is 1.56. The van der Waals surface area contributed by atoms with Crippen LogP contribution in [-0.4, -0.2) is 28.7 Å². The molecule has 9 heteroatoms. The summed E-state index contributed by atoms with van der Waals surface area (Å²) < 4.78 is 8.03. The third-order valence-corrected chi connectivity index (χ3v) is 6.34. The van der Waals surface area contributed by atoms with Crippen molar-refractivity contribution >= 4 is 40.4 Å². The van der Waals surface area contributed by atoms with Gasteiger partial charge in [0.15, 0.2) is 12.4 Å². The number of anilines is 1. The number of nitrogens with zero attached hydrogens (tertiary/aromatic N) is 4. The molecule has 0 saturated heterocycles. The van der Waals surface area contributed by atoms with Gasteiger partial charge in [-0.2, -0.15) is 9.67 Å². The van der Waals surface area contributed by atoms with Crippen LogP contribution in [0.2, 0.25) is 5.02 Å². The number of halogens is 1. The highest BCUT2D eigenvalue weighted by atomic mass is 35.5. The predicted octanol–water partition coefficient (Wildman–Crippen LogP) is 3.79. The van der Waals surface area contributed by atoms with E-state index in [1.165, 1.54) is 11.8 Å². The quantitative estimate of drug-likeness (QED) is 0.276. The van der Waals surface area contributed by atoms with Crippen molar-refractivity contribution in [1.29, 1.82) is 0 Å². The Bertz CT molecular complexity index is 1510. The van der Waals surface area contributed by atoms with Gasteiger partial charge in [-0.25, -0.2) is 9.58 Å². The molecule has 0 atom stereocenters. The van der Waals surface area contributed by atoms with Crippen LogP contribution in [0.15, 0.2) is 79.1 Å². The molecule has 0 spiro atoms. The van der Waals surface area contributed by atoms with Gasteiger partial charge in [-0.1, -0.05) is 31.0 Å². The number of pyridine rings is 1. The van der Waals surface area contributed by atoms with E-state index in [4.69, 9.17) is 16.3 Å². The summed E-state index contributed by atoms with van der Waals surface area (Å²) in [6.45, 7) is 1.96. The number of imide groups is 1. The van der Waals surface area contributed by atoms with Crippen LogP contribution in [0.3, 0.4) is 0 Å². The van der Waals surface area contributed by atoms with Crippen LogP contribution in [0.4, 0.5) is 5.69 Å². The highest BCUT2D eigenvalue weighted by Gasteiger charge is 2.47. The average molecular weight is 515 g/mol. The van der Waals surface area contributed by atoms with Gasteiger partial charge in [-0.05, 0) is 60.8 Å². The smallest absolute Gasteiger partial charge is 0.331 e. The first kappa shape index (κ1) is 24.3. The van der Waals surface area contributed by atoms with Gasteiger partial charge in [0.1, 0.15) is 11.3 Å². The minimum absolute atomic E-state index is 0.0191. The van der Waals surface area contributed by atoms with E-state index in [2.05, 4.69) is 5.10 Å². The normalized spacial score (nSPS) is 13.5. The second-order valence-electron chi connectivity index (χ2n) is 8.42. The maximum Gasteiger partial charge on any atom is 0.331 e. The van der Waals surface area contributed by atoms with E-state index >= 15 is 0 Å². The monoisotopic (exact) mass is 514 g/mol. The Labute approximate surface area is 218 Å². The topological polar surface area (TPSA) is 91.4 Å². The van der Waals surface area contributed by atoms with Crippen molar-refractivity contribution in [2.24, 2.45) is 0 Å². The third-order valence-electron chi connectivity index (χ3n) is 6.09. The lowest BCUT2D eigenvalue weighted by atomic mass is 10.0. The summed E-state index contributed by atoms with van der Waals surface area (Å²) >= 11 is 6.03. The Kier molecular flexibility index (Phi) is 6.50. The summed E-state index contributed by atoms with van der Waals surface area (Å²) in [5, 5.41) is 18.9. The van der Waals surface area contributed by atoms with Crippen LogP contribution in [0.1, 0.15) is 24.6 Å². The molecule has 1 aliphatic heterocycles. The van der Waals surface area contributed by atoms with Gasteiger partial charge < -0.3 is 9.84 Å². The van der Waals surface area contributed by atoms with Crippen molar-refractivity contribution in [3.8, 4) is 17.3 Å². The molecule has 37 heavy (non-hydrogen) atoms. The zero-order valence-electron chi connectivity index (χ0n) is 20.2. The molecule has 0 bridgehead atoms. The van der Waals surface area contributed by atoms with Gasteiger partial charge in [0.25, 0.3) is 11.6 Å². The minimum atomic E-state index is -0.591. The first-order chi connectivity index (χ1) is 17.9. The van der Waals surface area contributed by atoms with Crippen LogP contribution in [0.25, 0.3) is 17.0 Å². The van der Waals surface area contributed by atoms with Crippen molar-refractivity contribution in [3.63, 3.8) is 0 Å². The summed E-state index contributed by atoms with van der Waals surface area (Å²) in [4.78, 5) is 28.8. The molecule has 0 saturated carbocycles. The Morgan fingerprint density at radius 1 is 0.946 bits per heavy atom. The number of hydrogen-bond donors (Lipinski definition) is 0. The maximum atomic E-state index is 14.0. The number of ether oxygens (including phenoxy) is 1. The molecule has 186 valence electrons. The molecule has 5 rings (SSSR count). The number of hydrogen-bond acceptors (Lipinski definition) is 5. The lowest BCUT2D eigenvalue weighted by molar-refractivity contribution is -0.576. The molecular weight excluding hydrogens is 492 g/mol. The lowest BCUT2D eigenvalue weighted by Crippen LogP contribution is -2.39. The zero-order valence-corrected chi connectivity index (χ0v) is 21.0. The second-order valence-corrected chi connectivity index (χ2v) is 8.85. The SMILES string of the molecule is CCCc1nn(-c2ccc(Cl)cc2)c([O-])c1C1=C([n+]2ccccc2)C(=O)N(c2ccc(OC)cc2)C1=O. The number of aromatic nitrogens is 3. The fraction of sp³-hybridized carbons (Fsp3) is 0.143. The molecule has 0 unspecified atom stereocenters. The molecular formula is C28H23ClN4O4. The van der Waals surface area contributed by atoms with Crippen LogP contribution >= 0.6 is 11.6 Å². The van der Waals surface area contributed by atoms with E-state index in [-0.39, 0.29) is 16.8 Å². The summed E-state index contributed by atoms with van der Waals surface area (Å²) in [6, 6.07) is 18.6. The molecule has 2 amide bonds. The standard InChI is InChI=1S/C28H23ClN4O4/c1-3-7-22-23(27(35)33(30-22)20-10-8-18(29)9-11-20)24-25(31-16-5-4-6-17-31)28(36)32(26(24)34)19-12-14-21(37-2)15-13-19/h4-6,8-17H,3,7H2,1-2H3. The van der Waals surface area contributed by atoms with Crippen LogP contribution < -0.4 is 19.3 Å². The largest absolute Gasteiger partial charge is 0.858 e. The fourth-order valence-corrected chi connectivity index (χ4v) is 4.49. The van der Waals surface area contributed by atoms with Gasteiger partial charge in [-0.3, -0.25) is 9.59 Å². The Hall–Kier alpha value is -4.43. The summed E-state index contributed by atoms with van der Waals surface area (Å²) in [5.74, 6) is -1.02. The first-order valence-electron chi connectivity index (χ1n) is 11.7. The lowest BCUT2D eigenvalue weighted by Gasteiger charge is -2.16. The van der Waals surface area contributed by atoms with Gasteiger partial charge in [0.05, 0.1) is 24.2 Å². The third kappa shape index (κ3) is 4.25. The van der Waals surface area contributed by atoms with E-state index in [0.29, 0.717) is 40.7 Å². The van der Waals surface area contributed by atoms with E-state index in [1.54, 1.807) is 83.7 Å². The molecule has 8 nitrogen and oxygen atoms in total. The number of carbonyl (C=O) groups is 2. The van der Waals surface area contributed by atoms with E-state index < -0.39 is 17.7 Å². The van der Waals surface area contributed by atoms with Crippen LogP contribution in [0.5, 0.6) is 11.6 Å². The summed E-state index contributed by atoms with van der Waals surface area (Å²) in [7, 11) is 1.54. The minimum Gasteiger partial charge on any atom is -0.858 e. The van der Waals surface area contributed by atoms with Crippen molar-refractivity contribution in [3.05, 3.63) is 95.4 Å². The first-order valence-corrected chi connectivity index (χ1v) is 12.1. The molecule has 0 aliphatic carbocycles. The highest BCUT2D eigenvalue weighted by Crippen LogP contribution is 2.39. The number of aryl methyl sites for hydroxylation is 1. The van der Waals surface area contributed by atoms with Gasteiger partial charge >= 0.3 is 5.91 Å². The molecule has 0 fully saturated rings. The van der Waals surface area contributed by atoms with E-state index in [9.17, 15) is 14.7 Å². The molecule has 2 aromatic heterocycles. The average Bonchev–Trinajstić information content (AvgIpc) is 3.37. The fourth-order valence-electron chi connectivity index (χ4n) is 4.36. The maximum absolute atomic E-state index is 14.0. The predicted molar refractivity (Wildman–Crippen MR) is 137 cm³/mol. The van der Waals surface area contributed by atoms with Gasteiger partial charge in [-0.15, -0.1) is 0 Å². The van der Waals surface area contributed by atoms with E-state index in [0.717, 1.165) is 4.90 Å². The molecule has 4 aromatic rings. The Morgan fingerprint density at radius 2 is 1.59 bits per heavy atom. The van der Waals surface area contributed by atoms with Crippen molar-refractivity contribution in [2.45, 2.75) is 19.8 Å². The van der Waals surface area contributed by atoms with Gasteiger partial charge in [0.2, 0.25) is 0 Å². The van der Waals surface area contributed by atoms with Crippen LogP contribution in [0, 0.1) is 0 Å². The number of amides is 2. The highest BCUT2D eigenvalue weighted by molar-refractivity contribution is 6.53. The Balaban J connectivity index is 1.73. The zero-order chi connectivity index (χ0) is 26.1. The number of rotatable bonds is 7. The molecule has 0 radical (unpaired) electrons. The molecule has 0 N–H and O–H groups in total. The van der Waals surface area contributed by atoms with E-state index in [1.807, 2.05) is 6.92 Å². The molecule has 1 aliphatic rings. The van der Waals surface area contributed by atoms with Gasteiger partial charge in [0, 0.05) is 22.7 Å². The van der Waals surface area contributed by atoms with Crippen molar-refractivity contribution in [1.82, 2.24) is 9.78 Å². The second kappa shape index (κ2) is 9.91. The van der Waals surface area contributed by atoms with Crippen LogP contribution in [-0.2, 0) is 16.0 Å². The summed E-state index contributed by atoms with van der Waals surface area (Å²) in [6.07, 6.45) is 4.48. The number of methoxy groups -OCH3 is 1. The number of carbonyl (C=O) groups excluding carboxylic acids is 2. The molecule has 2 aromatic carbocycles. The number of benzene rings is 2.